The van der Waals surface area contributed by atoms with E-state index in [1.54, 1.807) is 29.5 Å². The van der Waals surface area contributed by atoms with Crippen LogP contribution >= 0.6 is 11.3 Å². The van der Waals surface area contributed by atoms with Gasteiger partial charge in [0.1, 0.15) is 12.4 Å². The predicted octanol–water partition coefficient (Wildman–Crippen LogP) is 3.70. The normalized spacial score (nSPS) is 14.9. The number of amides is 1. The lowest BCUT2D eigenvalue weighted by atomic mass is 10.2. The average molecular weight is 500 g/mol. The maximum atomic E-state index is 12.7. The van der Waals surface area contributed by atoms with Gasteiger partial charge in [0.2, 0.25) is 15.9 Å². The van der Waals surface area contributed by atoms with E-state index in [0.29, 0.717) is 44.3 Å². The molecule has 1 saturated heterocycles. The fraction of sp³-hybridized carbons (Fsp3) is 0.250. The van der Waals surface area contributed by atoms with E-state index in [4.69, 9.17) is 9.47 Å². The Bertz CT molecular complexity index is 1260. The maximum Gasteiger partial charge on any atom is 0.248 e. The molecule has 0 atom stereocenters. The van der Waals surface area contributed by atoms with Crippen molar-refractivity contribution in [1.82, 2.24) is 9.29 Å². The molecule has 178 valence electrons. The van der Waals surface area contributed by atoms with Crippen molar-refractivity contribution in [2.24, 2.45) is 0 Å². The number of sulfonamides is 1. The van der Waals surface area contributed by atoms with Gasteiger partial charge in [-0.1, -0.05) is 18.2 Å². The fourth-order valence-electron chi connectivity index (χ4n) is 3.37. The summed E-state index contributed by atoms with van der Waals surface area (Å²) in [6.07, 6.45) is 3.09. The first-order chi connectivity index (χ1) is 16.4. The average Bonchev–Trinajstić information content (AvgIpc) is 3.28. The Balaban J connectivity index is 1.37. The van der Waals surface area contributed by atoms with Crippen LogP contribution in [0.1, 0.15) is 16.3 Å². The zero-order valence-corrected chi connectivity index (χ0v) is 20.3. The van der Waals surface area contributed by atoms with Crippen LogP contribution in [0.2, 0.25) is 0 Å². The van der Waals surface area contributed by atoms with Crippen molar-refractivity contribution >= 4 is 39.0 Å². The van der Waals surface area contributed by atoms with Crippen LogP contribution in [0.15, 0.2) is 64.9 Å². The van der Waals surface area contributed by atoms with E-state index in [9.17, 15) is 13.2 Å². The predicted molar refractivity (Wildman–Crippen MR) is 131 cm³/mol. The smallest absolute Gasteiger partial charge is 0.248 e. The van der Waals surface area contributed by atoms with Gasteiger partial charge in [0, 0.05) is 35.8 Å². The summed E-state index contributed by atoms with van der Waals surface area (Å²) in [7, 11) is -3.57. The molecule has 1 aliphatic rings. The van der Waals surface area contributed by atoms with Gasteiger partial charge in [-0.25, -0.2) is 13.4 Å². The minimum absolute atomic E-state index is 0.185. The molecule has 1 fully saturated rings. The summed E-state index contributed by atoms with van der Waals surface area (Å²) in [4.78, 5) is 17.0. The van der Waals surface area contributed by atoms with Crippen LogP contribution in [-0.2, 0) is 26.2 Å². The number of hydrogen-bond acceptors (Lipinski definition) is 7. The lowest BCUT2D eigenvalue weighted by molar-refractivity contribution is -0.111. The largest absolute Gasteiger partial charge is 0.487 e. The summed E-state index contributed by atoms with van der Waals surface area (Å²) in [5.74, 6) is 0.309. The van der Waals surface area contributed by atoms with Gasteiger partial charge in [0.05, 0.1) is 28.8 Å². The number of benzene rings is 2. The molecule has 2 aromatic carbocycles. The molecule has 10 heteroatoms. The van der Waals surface area contributed by atoms with Gasteiger partial charge < -0.3 is 14.8 Å². The number of thiazole rings is 1. The first-order valence-electron chi connectivity index (χ1n) is 10.7. The van der Waals surface area contributed by atoms with E-state index in [-0.39, 0.29) is 10.8 Å². The van der Waals surface area contributed by atoms with E-state index in [2.05, 4.69) is 10.3 Å². The SMILES string of the molecule is Cc1nc(COc2ccccc2/C=C/C(=O)Nc2ccc(S(=O)(=O)N3CCOCC3)cc2)cs1. The summed E-state index contributed by atoms with van der Waals surface area (Å²) in [5, 5.41) is 5.69. The number of carbonyl (C=O) groups is 1. The van der Waals surface area contributed by atoms with Crippen LogP contribution < -0.4 is 10.1 Å². The van der Waals surface area contributed by atoms with E-state index < -0.39 is 10.0 Å². The van der Waals surface area contributed by atoms with Crippen molar-refractivity contribution in [3.8, 4) is 5.75 Å². The number of anilines is 1. The highest BCUT2D eigenvalue weighted by molar-refractivity contribution is 7.89. The molecule has 0 spiro atoms. The van der Waals surface area contributed by atoms with Gasteiger partial charge in [-0.3, -0.25) is 4.79 Å². The van der Waals surface area contributed by atoms with Gasteiger partial charge in [0.15, 0.2) is 0 Å². The Morgan fingerprint density at radius 1 is 1.18 bits per heavy atom. The number of nitrogens with zero attached hydrogens (tertiary/aromatic N) is 2. The number of rotatable bonds is 8. The Hall–Kier alpha value is -3.05. The second-order valence-corrected chi connectivity index (χ2v) is 10.5. The summed E-state index contributed by atoms with van der Waals surface area (Å²) in [5.41, 5.74) is 2.12. The van der Waals surface area contributed by atoms with E-state index in [1.165, 1.54) is 22.5 Å². The molecule has 34 heavy (non-hydrogen) atoms. The molecule has 1 aromatic heterocycles. The number of hydrogen-bond donors (Lipinski definition) is 1. The zero-order valence-electron chi connectivity index (χ0n) is 18.6. The summed E-state index contributed by atoms with van der Waals surface area (Å²) < 4.78 is 37.9. The summed E-state index contributed by atoms with van der Waals surface area (Å²) >= 11 is 1.57. The number of aromatic nitrogens is 1. The first-order valence-corrected chi connectivity index (χ1v) is 13.0. The molecule has 0 unspecified atom stereocenters. The van der Waals surface area contributed by atoms with Gasteiger partial charge in [0.25, 0.3) is 0 Å². The van der Waals surface area contributed by atoms with Gasteiger partial charge in [-0.2, -0.15) is 4.31 Å². The third kappa shape index (κ3) is 6.09. The Morgan fingerprint density at radius 2 is 1.91 bits per heavy atom. The highest BCUT2D eigenvalue weighted by Gasteiger charge is 2.26. The van der Waals surface area contributed by atoms with Gasteiger partial charge >= 0.3 is 0 Å². The Morgan fingerprint density at radius 3 is 2.62 bits per heavy atom. The van der Waals surface area contributed by atoms with Crippen LogP contribution in [0.25, 0.3) is 6.08 Å². The van der Waals surface area contributed by atoms with Crippen LogP contribution in [0, 0.1) is 6.92 Å². The second-order valence-electron chi connectivity index (χ2n) is 7.55. The Kier molecular flexibility index (Phi) is 7.73. The number of carbonyl (C=O) groups excluding carboxylic acids is 1. The third-order valence-corrected chi connectivity index (χ3v) is 7.84. The standard InChI is InChI=1S/C24H25N3O5S2/c1-18-25-21(17-33-18)16-32-23-5-3-2-4-19(23)6-11-24(28)26-20-7-9-22(10-8-20)34(29,30)27-12-14-31-15-13-27/h2-11,17H,12-16H2,1H3,(H,26,28)/b11-6+. The van der Waals surface area contributed by atoms with Crippen LogP contribution in [0.3, 0.4) is 0 Å². The number of ether oxygens (including phenoxy) is 2. The Labute approximate surface area is 202 Å². The molecule has 0 saturated carbocycles. The number of aryl methyl sites for hydroxylation is 1. The molecule has 0 radical (unpaired) electrons. The number of morpholine rings is 1. The molecule has 1 amide bonds. The molecule has 1 N–H and O–H groups in total. The van der Waals surface area contributed by atoms with Crippen molar-refractivity contribution in [3.63, 3.8) is 0 Å². The van der Waals surface area contributed by atoms with Crippen LogP contribution in [0.4, 0.5) is 5.69 Å². The van der Waals surface area contributed by atoms with Crippen molar-refractivity contribution in [2.45, 2.75) is 18.4 Å². The highest BCUT2D eigenvalue weighted by atomic mass is 32.2. The lowest BCUT2D eigenvalue weighted by Crippen LogP contribution is -2.40. The van der Waals surface area contributed by atoms with Crippen molar-refractivity contribution in [3.05, 3.63) is 76.3 Å². The van der Waals surface area contributed by atoms with Crippen molar-refractivity contribution < 1.29 is 22.7 Å². The number of para-hydroxylation sites is 1. The molecule has 4 rings (SSSR count). The summed E-state index contributed by atoms with van der Waals surface area (Å²) in [6.45, 7) is 3.73. The monoisotopic (exact) mass is 499 g/mol. The molecule has 3 aromatic rings. The van der Waals surface area contributed by atoms with E-state index >= 15 is 0 Å². The van der Waals surface area contributed by atoms with Gasteiger partial charge in [-0.05, 0) is 43.3 Å². The topological polar surface area (TPSA) is 97.8 Å². The highest BCUT2D eigenvalue weighted by Crippen LogP contribution is 2.22. The first kappa shape index (κ1) is 24.1. The van der Waals surface area contributed by atoms with Crippen LogP contribution in [0.5, 0.6) is 5.75 Å². The van der Waals surface area contributed by atoms with Gasteiger partial charge in [-0.15, -0.1) is 11.3 Å². The molecule has 0 aliphatic carbocycles. The minimum Gasteiger partial charge on any atom is -0.487 e. The van der Waals surface area contributed by atoms with Crippen molar-refractivity contribution in [2.75, 3.05) is 31.6 Å². The molecular weight excluding hydrogens is 474 g/mol. The number of nitrogens with one attached hydrogen (secondary N) is 1. The van der Waals surface area contributed by atoms with E-state index in [0.717, 1.165) is 16.3 Å². The third-order valence-electron chi connectivity index (χ3n) is 5.11. The molecule has 1 aliphatic heterocycles. The molecule has 2 heterocycles. The lowest BCUT2D eigenvalue weighted by Gasteiger charge is -2.26. The zero-order chi connectivity index (χ0) is 24.0. The maximum absolute atomic E-state index is 12.7. The van der Waals surface area contributed by atoms with Crippen LogP contribution in [-0.4, -0.2) is 49.9 Å². The molecule has 8 nitrogen and oxygen atoms in total. The summed E-state index contributed by atoms with van der Waals surface area (Å²) in [6, 6.07) is 13.6. The van der Waals surface area contributed by atoms with E-state index in [1.807, 2.05) is 36.6 Å². The van der Waals surface area contributed by atoms with Crippen molar-refractivity contribution in [1.29, 1.82) is 0 Å². The quantitative estimate of drug-likeness (QED) is 0.475. The molecular formula is C24H25N3O5S2. The minimum atomic E-state index is -3.57. The fourth-order valence-corrected chi connectivity index (χ4v) is 5.38. The molecule has 0 bridgehead atoms. The second kappa shape index (κ2) is 10.9.